The SMILES string of the molecule is C#CC(=C)Nc1cccc(CCl)c1. The number of nitrogens with one attached hydrogen (secondary N) is 1. The molecule has 13 heavy (non-hydrogen) atoms. The maximum atomic E-state index is 5.68. The van der Waals surface area contributed by atoms with E-state index >= 15 is 0 Å². The number of halogens is 1. The van der Waals surface area contributed by atoms with Crippen LogP contribution in [-0.2, 0) is 5.88 Å². The fourth-order valence-corrected chi connectivity index (χ4v) is 1.11. The Morgan fingerprint density at radius 3 is 3.00 bits per heavy atom. The summed E-state index contributed by atoms with van der Waals surface area (Å²) in [5.41, 5.74) is 2.52. The summed E-state index contributed by atoms with van der Waals surface area (Å²) in [5.74, 6) is 2.91. The molecule has 1 nitrogen and oxygen atoms in total. The van der Waals surface area contributed by atoms with Crippen LogP contribution < -0.4 is 5.32 Å². The fourth-order valence-electron chi connectivity index (χ4n) is 0.943. The number of terminal acetylenes is 1. The smallest absolute Gasteiger partial charge is 0.0821 e. The number of alkyl halides is 1. The third-order valence-corrected chi connectivity index (χ3v) is 1.86. The van der Waals surface area contributed by atoms with Gasteiger partial charge in [0.15, 0.2) is 0 Å². The first-order valence-electron chi connectivity index (χ1n) is 3.83. The average molecular weight is 192 g/mol. The molecule has 0 bridgehead atoms. The highest BCUT2D eigenvalue weighted by Crippen LogP contribution is 2.13. The van der Waals surface area contributed by atoms with E-state index in [0.717, 1.165) is 11.3 Å². The monoisotopic (exact) mass is 191 g/mol. The van der Waals surface area contributed by atoms with Crippen LogP contribution in [-0.4, -0.2) is 0 Å². The lowest BCUT2D eigenvalue weighted by molar-refractivity contribution is 1.39. The van der Waals surface area contributed by atoms with Gasteiger partial charge in [-0.25, -0.2) is 0 Å². The average Bonchev–Trinajstić information content (AvgIpc) is 2.18. The number of anilines is 1. The molecule has 0 heterocycles. The minimum absolute atomic E-state index is 0.498. The summed E-state index contributed by atoms with van der Waals surface area (Å²) in [6.45, 7) is 3.64. The Hall–Kier alpha value is -1.39. The van der Waals surface area contributed by atoms with Crippen LogP contribution >= 0.6 is 11.6 Å². The first-order chi connectivity index (χ1) is 6.26. The summed E-state index contributed by atoms with van der Waals surface area (Å²) in [6, 6.07) is 7.73. The van der Waals surface area contributed by atoms with Gasteiger partial charge in [0, 0.05) is 11.6 Å². The van der Waals surface area contributed by atoms with Crippen molar-refractivity contribution in [1.29, 1.82) is 0 Å². The van der Waals surface area contributed by atoms with Gasteiger partial charge < -0.3 is 5.32 Å². The van der Waals surface area contributed by atoms with Crippen molar-refractivity contribution in [2.24, 2.45) is 0 Å². The predicted molar refractivity (Wildman–Crippen MR) is 57.6 cm³/mol. The lowest BCUT2D eigenvalue weighted by Gasteiger charge is -2.04. The molecule has 0 radical (unpaired) electrons. The van der Waals surface area contributed by atoms with Crippen LogP contribution in [0, 0.1) is 12.3 Å². The van der Waals surface area contributed by atoms with Gasteiger partial charge >= 0.3 is 0 Å². The lowest BCUT2D eigenvalue weighted by Crippen LogP contribution is -1.95. The zero-order valence-electron chi connectivity index (χ0n) is 7.18. The van der Waals surface area contributed by atoms with Crippen LogP contribution in [0.2, 0.25) is 0 Å². The molecule has 0 amide bonds. The predicted octanol–water partition coefficient (Wildman–Crippen LogP) is 2.98. The molecule has 0 aliphatic carbocycles. The zero-order valence-corrected chi connectivity index (χ0v) is 7.93. The van der Waals surface area contributed by atoms with Crippen LogP contribution in [0.1, 0.15) is 5.56 Å². The number of hydrogen-bond acceptors (Lipinski definition) is 1. The number of benzene rings is 1. The van der Waals surface area contributed by atoms with Crippen LogP contribution in [0.15, 0.2) is 36.5 Å². The number of rotatable bonds is 3. The summed E-state index contributed by atoms with van der Waals surface area (Å²) in [4.78, 5) is 0. The maximum Gasteiger partial charge on any atom is 0.0821 e. The Bertz CT molecular complexity index is 349. The molecule has 0 aromatic heterocycles. The molecule has 0 aliphatic rings. The number of allylic oxidation sites excluding steroid dienone is 1. The van der Waals surface area contributed by atoms with Crippen molar-refractivity contribution in [2.45, 2.75) is 5.88 Å². The zero-order chi connectivity index (χ0) is 9.68. The third kappa shape index (κ3) is 2.85. The van der Waals surface area contributed by atoms with Gasteiger partial charge in [0.25, 0.3) is 0 Å². The summed E-state index contributed by atoms with van der Waals surface area (Å²) >= 11 is 5.68. The van der Waals surface area contributed by atoms with Gasteiger partial charge in [0.05, 0.1) is 5.70 Å². The van der Waals surface area contributed by atoms with Gasteiger partial charge in [-0.2, -0.15) is 0 Å². The molecule has 0 saturated heterocycles. The standard InChI is InChI=1S/C11H10ClN/c1-3-9(2)13-11-6-4-5-10(7-11)8-12/h1,4-7,13H,2,8H2. The molecule has 0 spiro atoms. The van der Waals surface area contributed by atoms with E-state index in [1.807, 2.05) is 24.3 Å². The van der Waals surface area contributed by atoms with Crippen molar-refractivity contribution < 1.29 is 0 Å². The molecule has 2 heteroatoms. The molecular formula is C11H10ClN. The third-order valence-electron chi connectivity index (χ3n) is 1.55. The van der Waals surface area contributed by atoms with Gasteiger partial charge in [-0.1, -0.05) is 24.6 Å². The van der Waals surface area contributed by atoms with E-state index in [9.17, 15) is 0 Å². The van der Waals surface area contributed by atoms with Gasteiger partial charge in [-0.15, -0.1) is 18.0 Å². The Balaban J connectivity index is 2.79. The highest BCUT2D eigenvalue weighted by Gasteiger charge is 1.94. The van der Waals surface area contributed by atoms with Crippen molar-refractivity contribution in [2.75, 3.05) is 5.32 Å². The van der Waals surface area contributed by atoms with Gasteiger partial charge in [-0.05, 0) is 17.7 Å². The molecule has 0 aliphatic heterocycles. The quantitative estimate of drug-likeness (QED) is 0.572. The van der Waals surface area contributed by atoms with E-state index in [4.69, 9.17) is 18.0 Å². The number of hydrogen-bond donors (Lipinski definition) is 1. The van der Waals surface area contributed by atoms with Crippen LogP contribution in [0.3, 0.4) is 0 Å². The summed E-state index contributed by atoms with van der Waals surface area (Å²) in [5, 5.41) is 2.98. The Labute approximate surface area is 83.4 Å². The van der Waals surface area contributed by atoms with E-state index < -0.39 is 0 Å². The minimum atomic E-state index is 0.498. The Kier molecular flexibility index (Phi) is 3.42. The molecular weight excluding hydrogens is 182 g/mol. The van der Waals surface area contributed by atoms with Gasteiger partial charge in [-0.3, -0.25) is 0 Å². The summed E-state index contributed by atoms with van der Waals surface area (Å²) < 4.78 is 0. The highest BCUT2D eigenvalue weighted by atomic mass is 35.5. The second kappa shape index (κ2) is 4.59. The summed E-state index contributed by atoms with van der Waals surface area (Å²) in [6.07, 6.45) is 5.15. The van der Waals surface area contributed by atoms with E-state index in [1.54, 1.807) is 0 Å². The van der Waals surface area contributed by atoms with Crippen molar-refractivity contribution in [1.82, 2.24) is 0 Å². The maximum absolute atomic E-state index is 5.68. The van der Waals surface area contributed by atoms with Crippen molar-refractivity contribution >= 4 is 17.3 Å². The molecule has 0 saturated carbocycles. The first kappa shape index (κ1) is 9.70. The second-order valence-corrected chi connectivity index (χ2v) is 2.85. The molecule has 0 atom stereocenters. The molecule has 1 rings (SSSR count). The van der Waals surface area contributed by atoms with E-state index in [1.165, 1.54) is 0 Å². The Morgan fingerprint density at radius 1 is 1.62 bits per heavy atom. The molecule has 1 aromatic rings. The van der Waals surface area contributed by atoms with Crippen LogP contribution in [0.25, 0.3) is 0 Å². The summed E-state index contributed by atoms with van der Waals surface area (Å²) in [7, 11) is 0. The van der Waals surface area contributed by atoms with Crippen molar-refractivity contribution in [3.05, 3.63) is 42.1 Å². The van der Waals surface area contributed by atoms with Crippen molar-refractivity contribution in [3.63, 3.8) is 0 Å². The second-order valence-electron chi connectivity index (χ2n) is 2.58. The van der Waals surface area contributed by atoms with Gasteiger partial charge in [0.2, 0.25) is 0 Å². The molecule has 1 N–H and O–H groups in total. The van der Waals surface area contributed by atoms with E-state index in [2.05, 4.69) is 17.8 Å². The van der Waals surface area contributed by atoms with Gasteiger partial charge in [0.1, 0.15) is 0 Å². The first-order valence-corrected chi connectivity index (χ1v) is 4.37. The normalized spacial score (nSPS) is 8.92. The molecule has 0 fully saturated rings. The molecule has 0 unspecified atom stereocenters. The molecule has 66 valence electrons. The van der Waals surface area contributed by atoms with Crippen LogP contribution in [0.5, 0.6) is 0 Å². The topological polar surface area (TPSA) is 12.0 Å². The van der Waals surface area contributed by atoms with Crippen molar-refractivity contribution in [3.8, 4) is 12.3 Å². The molecule has 1 aromatic carbocycles. The van der Waals surface area contributed by atoms with Crippen LogP contribution in [0.4, 0.5) is 5.69 Å². The highest BCUT2D eigenvalue weighted by molar-refractivity contribution is 6.17. The largest absolute Gasteiger partial charge is 0.349 e. The fraction of sp³-hybridized carbons (Fsp3) is 0.0909. The van der Waals surface area contributed by atoms with E-state index in [-0.39, 0.29) is 0 Å². The van der Waals surface area contributed by atoms with E-state index in [0.29, 0.717) is 11.6 Å². The lowest BCUT2D eigenvalue weighted by atomic mass is 10.2. The Morgan fingerprint density at radius 2 is 2.38 bits per heavy atom. The minimum Gasteiger partial charge on any atom is -0.349 e.